The van der Waals surface area contributed by atoms with E-state index in [1.165, 1.54) is 0 Å². The van der Waals surface area contributed by atoms with Gasteiger partial charge in [-0.1, -0.05) is 6.07 Å². The predicted octanol–water partition coefficient (Wildman–Crippen LogP) is 0.901. The van der Waals surface area contributed by atoms with Gasteiger partial charge in [-0.3, -0.25) is 9.69 Å². The van der Waals surface area contributed by atoms with Gasteiger partial charge >= 0.3 is 0 Å². The fourth-order valence-corrected chi connectivity index (χ4v) is 2.41. The van der Waals surface area contributed by atoms with E-state index in [0.717, 1.165) is 38.5 Å². The van der Waals surface area contributed by atoms with Crippen LogP contribution >= 0.6 is 24.8 Å². The predicted molar refractivity (Wildman–Crippen MR) is 98.7 cm³/mol. The van der Waals surface area contributed by atoms with E-state index in [4.69, 9.17) is 5.73 Å². The Morgan fingerprint density at radius 1 is 1.30 bits per heavy atom. The van der Waals surface area contributed by atoms with Gasteiger partial charge in [-0.2, -0.15) is 0 Å². The van der Waals surface area contributed by atoms with E-state index in [0.29, 0.717) is 13.0 Å². The maximum Gasteiger partial charge on any atom is 0.221 e. The van der Waals surface area contributed by atoms with Crippen molar-refractivity contribution < 1.29 is 4.79 Å². The Balaban J connectivity index is 0.00000242. The molecule has 1 amide bonds. The average molecular weight is 364 g/mol. The Morgan fingerprint density at radius 3 is 2.57 bits per heavy atom. The minimum absolute atomic E-state index is 0. The molecule has 2 heterocycles. The van der Waals surface area contributed by atoms with Crippen molar-refractivity contribution in [2.45, 2.75) is 19.4 Å². The molecule has 3 N–H and O–H groups in total. The number of hydrogen-bond acceptors (Lipinski definition) is 5. The number of nitrogens with zero attached hydrogens (tertiary/aromatic N) is 3. The first-order valence-corrected chi connectivity index (χ1v) is 7.57. The minimum Gasteiger partial charge on any atom is -0.354 e. The molecule has 2 rings (SSSR count). The number of rotatable bonds is 6. The number of anilines is 1. The molecule has 8 heteroatoms. The molecule has 0 saturated carbocycles. The lowest BCUT2D eigenvalue weighted by atomic mass is 10.2. The quantitative estimate of drug-likeness (QED) is 0.785. The second-order valence-electron chi connectivity index (χ2n) is 5.47. The molecule has 1 fully saturated rings. The first-order chi connectivity index (χ1) is 10.2. The van der Waals surface area contributed by atoms with Gasteiger partial charge in [0.2, 0.25) is 5.91 Å². The molecule has 1 aromatic heterocycles. The van der Waals surface area contributed by atoms with Crippen LogP contribution in [0, 0.1) is 0 Å². The maximum absolute atomic E-state index is 11.7. The van der Waals surface area contributed by atoms with E-state index in [2.05, 4.69) is 20.1 Å². The lowest BCUT2D eigenvalue weighted by Gasteiger charge is -2.35. The number of carbonyl (C=O) groups is 1. The number of piperazine rings is 1. The second kappa shape index (κ2) is 11.5. The molecule has 0 radical (unpaired) electrons. The van der Waals surface area contributed by atoms with Crippen LogP contribution in [0.15, 0.2) is 24.4 Å². The van der Waals surface area contributed by atoms with Gasteiger partial charge in [0.15, 0.2) is 0 Å². The lowest BCUT2D eigenvalue weighted by Crippen LogP contribution is -2.48. The summed E-state index contributed by atoms with van der Waals surface area (Å²) < 4.78 is 0. The third kappa shape index (κ3) is 7.35. The van der Waals surface area contributed by atoms with Gasteiger partial charge in [0, 0.05) is 57.9 Å². The van der Waals surface area contributed by atoms with Crippen molar-refractivity contribution in [3.8, 4) is 0 Å². The first-order valence-electron chi connectivity index (χ1n) is 7.57. The van der Waals surface area contributed by atoms with Gasteiger partial charge in [-0.15, -0.1) is 24.8 Å². The third-order valence-electron chi connectivity index (χ3n) is 3.76. The number of halogens is 2. The zero-order valence-electron chi connectivity index (χ0n) is 13.5. The van der Waals surface area contributed by atoms with E-state index in [1.807, 2.05) is 31.3 Å². The molecular weight excluding hydrogens is 337 g/mol. The van der Waals surface area contributed by atoms with Crippen LogP contribution in [-0.4, -0.2) is 61.1 Å². The zero-order chi connectivity index (χ0) is 15.1. The van der Waals surface area contributed by atoms with Crippen LogP contribution < -0.4 is 16.0 Å². The van der Waals surface area contributed by atoms with Gasteiger partial charge in [0.25, 0.3) is 0 Å². The van der Waals surface area contributed by atoms with Crippen LogP contribution in [0.5, 0.6) is 0 Å². The highest BCUT2D eigenvalue weighted by molar-refractivity contribution is 5.85. The molecule has 1 aromatic rings. The van der Waals surface area contributed by atoms with Gasteiger partial charge < -0.3 is 16.0 Å². The molecule has 132 valence electrons. The summed E-state index contributed by atoms with van der Waals surface area (Å²) in [5, 5.41) is 2.89. The lowest BCUT2D eigenvalue weighted by molar-refractivity contribution is -0.122. The Labute approximate surface area is 150 Å². The molecule has 0 aliphatic carbocycles. The Morgan fingerprint density at radius 2 is 2.00 bits per heavy atom. The number of nitrogens with two attached hydrogens (primary N) is 1. The average Bonchev–Trinajstić information content (AvgIpc) is 2.54. The number of aromatic nitrogens is 1. The fourth-order valence-electron chi connectivity index (χ4n) is 2.41. The van der Waals surface area contributed by atoms with Crippen LogP contribution in [0.1, 0.15) is 13.3 Å². The number of carbonyl (C=O) groups excluding carboxylic acids is 1. The van der Waals surface area contributed by atoms with E-state index in [1.54, 1.807) is 0 Å². The Bertz CT molecular complexity index is 441. The van der Waals surface area contributed by atoms with Gasteiger partial charge in [0.05, 0.1) is 0 Å². The fraction of sp³-hybridized carbons (Fsp3) is 0.600. The minimum atomic E-state index is 0. The summed E-state index contributed by atoms with van der Waals surface area (Å²) in [5.74, 6) is 1.12. The molecule has 6 nitrogen and oxygen atoms in total. The van der Waals surface area contributed by atoms with E-state index >= 15 is 0 Å². The molecule has 0 aromatic carbocycles. The zero-order valence-corrected chi connectivity index (χ0v) is 15.1. The Hall–Kier alpha value is -1.08. The van der Waals surface area contributed by atoms with Crippen molar-refractivity contribution in [1.29, 1.82) is 0 Å². The van der Waals surface area contributed by atoms with Crippen molar-refractivity contribution >= 4 is 36.5 Å². The summed E-state index contributed by atoms with van der Waals surface area (Å²) in [6, 6.07) is 6.04. The highest BCUT2D eigenvalue weighted by Crippen LogP contribution is 2.12. The van der Waals surface area contributed by atoms with Crippen LogP contribution in [0.25, 0.3) is 0 Å². The molecule has 0 spiro atoms. The molecule has 23 heavy (non-hydrogen) atoms. The van der Waals surface area contributed by atoms with Crippen molar-refractivity contribution in [1.82, 2.24) is 15.2 Å². The molecular formula is C15H27Cl2N5O. The summed E-state index contributed by atoms with van der Waals surface area (Å²) >= 11 is 0. The number of hydrogen-bond donors (Lipinski definition) is 2. The largest absolute Gasteiger partial charge is 0.354 e. The summed E-state index contributed by atoms with van der Waals surface area (Å²) in [6.07, 6.45) is 2.36. The highest BCUT2D eigenvalue weighted by Gasteiger charge is 2.18. The molecule has 1 aliphatic rings. The SMILES string of the molecule is C[C@@H](CN)NC(=O)CCN1CCN(c2ccccn2)CC1.Cl.Cl. The number of amides is 1. The van der Waals surface area contributed by atoms with Crippen molar-refractivity contribution in [2.24, 2.45) is 5.73 Å². The normalized spacial score (nSPS) is 16.0. The molecule has 1 atom stereocenters. The van der Waals surface area contributed by atoms with Gasteiger partial charge in [-0.05, 0) is 19.1 Å². The Kier molecular flexibility index (Phi) is 10.9. The van der Waals surface area contributed by atoms with Crippen molar-refractivity contribution in [3.63, 3.8) is 0 Å². The van der Waals surface area contributed by atoms with E-state index < -0.39 is 0 Å². The van der Waals surface area contributed by atoms with E-state index in [-0.39, 0.29) is 36.8 Å². The third-order valence-corrected chi connectivity index (χ3v) is 3.76. The summed E-state index contributed by atoms with van der Waals surface area (Å²) in [5.41, 5.74) is 5.49. The monoisotopic (exact) mass is 363 g/mol. The summed E-state index contributed by atoms with van der Waals surface area (Å²) in [6.45, 7) is 7.06. The smallest absolute Gasteiger partial charge is 0.221 e. The number of pyridine rings is 1. The van der Waals surface area contributed by atoms with Gasteiger partial charge in [0.1, 0.15) is 5.82 Å². The first kappa shape index (κ1) is 21.9. The molecule has 0 bridgehead atoms. The van der Waals surface area contributed by atoms with E-state index in [9.17, 15) is 4.79 Å². The topological polar surface area (TPSA) is 74.5 Å². The van der Waals surface area contributed by atoms with Crippen LogP contribution in [0.3, 0.4) is 0 Å². The summed E-state index contributed by atoms with van der Waals surface area (Å²) in [7, 11) is 0. The van der Waals surface area contributed by atoms with Crippen LogP contribution in [0.2, 0.25) is 0 Å². The van der Waals surface area contributed by atoms with Gasteiger partial charge in [-0.25, -0.2) is 4.98 Å². The van der Waals surface area contributed by atoms with Crippen molar-refractivity contribution in [2.75, 3.05) is 44.2 Å². The standard InChI is InChI=1S/C15H25N5O.2ClH/c1-13(12-16)18-15(21)5-7-19-8-10-20(11-9-19)14-4-2-3-6-17-14;;/h2-4,6,13H,5,7-12,16H2,1H3,(H,18,21);2*1H/t13-;;/m0../s1. The number of nitrogens with one attached hydrogen (secondary N) is 1. The maximum atomic E-state index is 11.7. The summed E-state index contributed by atoms with van der Waals surface area (Å²) in [4.78, 5) is 20.7. The molecule has 0 unspecified atom stereocenters. The molecule has 1 aliphatic heterocycles. The van der Waals surface area contributed by atoms with Crippen LogP contribution in [0.4, 0.5) is 5.82 Å². The highest BCUT2D eigenvalue weighted by atomic mass is 35.5. The van der Waals surface area contributed by atoms with Crippen molar-refractivity contribution in [3.05, 3.63) is 24.4 Å². The van der Waals surface area contributed by atoms with Crippen LogP contribution in [-0.2, 0) is 4.79 Å². The second-order valence-corrected chi connectivity index (χ2v) is 5.47. The molecule has 1 saturated heterocycles.